The Bertz CT molecular complexity index is 1120. The van der Waals surface area contributed by atoms with Crippen LogP contribution in [0.25, 0.3) is 0 Å². The molecule has 33 heavy (non-hydrogen) atoms. The largest absolute Gasteiger partial charge is 0.453 e. The first-order chi connectivity index (χ1) is 15.9. The second-order valence-electron chi connectivity index (χ2n) is 8.85. The number of ether oxygens (including phenoxy) is 2. The number of amides is 2. The molecule has 3 aliphatic heterocycles. The molecule has 0 unspecified atom stereocenters. The summed E-state index contributed by atoms with van der Waals surface area (Å²) in [6, 6.07) is 13.4. The summed E-state index contributed by atoms with van der Waals surface area (Å²) >= 11 is 0. The van der Waals surface area contributed by atoms with E-state index in [2.05, 4.69) is 4.90 Å². The van der Waals surface area contributed by atoms with Crippen LogP contribution < -0.4 is 4.90 Å². The van der Waals surface area contributed by atoms with Crippen LogP contribution in [0.5, 0.6) is 0 Å². The summed E-state index contributed by atoms with van der Waals surface area (Å²) in [4.78, 5) is 43.3. The minimum absolute atomic E-state index is 0.0557. The monoisotopic (exact) mass is 449 g/mol. The quantitative estimate of drug-likeness (QED) is 0.656. The van der Waals surface area contributed by atoms with Gasteiger partial charge in [-0.05, 0) is 30.7 Å². The van der Waals surface area contributed by atoms with Gasteiger partial charge in [-0.15, -0.1) is 0 Å². The molecule has 0 radical (unpaired) electrons. The summed E-state index contributed by atoms with van der Waals surface area (Å²) in [5.74, 6) is -0.371. The van der Waals surface area contributed by atoms with Crippen LogP contribution in [-0.4, -0.2) is 74.1 Å². The molecule has 172 valence electrons. The van der Waals surface area contributed by atoms with E-state index < -0.39 is 5.60 Å². The van der Waals surface area contributed by atoms with E-state index in [1.54, 1.807) is 15.9 Å². The van der Waals surface area contributed by atoms with Gasteiger partial charge in [-0.3, -0.25) is 4.79 Å². The number of carbonyl (C=O) groups excluding carboxylic acids is 3. The molecular formula is C25H27N3O5. The number of rotatable bonds is 2. The number of aryl methyl sites for hydroxylation is 1. The number of fused-ring (bicyclic) bond motifs is 2. The molecule has 1 atom stereocenters. The van der Waals surface area contributed by atoms with E-state index in [0.717, 1.165) is 16.8 Å². The average molecular weight is 450 g/mol. The van der Waals surface area contributed by atoms with E-state index >= 15 is 0 Å². The van der Waals surface area contributed by atoms with Crippen LogP contribution >= 0.6 is 0 Å². The lowest BCUT2D eigenvalue weighted by atomic mass is 9.91. The SMILES string of the molecule is COC(=O)N1CCN(c2ccc(C)c(C(=O)N3CC[C@@]4(C3)OC(=O)c3ccccc34)c2)CC1. The third-order valence-corrected chi connectivity index (χ3v) is 6.97. The van der Waals surface area contributed by atoms with E-state index in [9.17, 15) is 14.4 Å². The molecule has 1 spiro atoms. The van der Waals surface area contributed by atoms with Crippen molar-refractivity contribution in [3.63, 3.8) is 0 Å². The molecule has 2 amide bonds. The Balaban J connectivity index is 1.33. The van der Waals surface area contributed by atoms with Gasteiger partial charge < -0.3 is 24.2 Å². The van der Waals surface area contributed by atoms with E-state index in [4.69, 9.17) is 9.47 Å². The van der Waals surface area contributed by atoms with Gasteiger partial charge in [0.15, 0.2) is 5.60 Å². The van der Waals surface area contributed by atoms with Crippen LogP contribution in [0.2, 0.25) is 0 Å². The highest BCUT2D eigenvalue weighted by Crippen LogP contribution is 2.43. The summed E-state index contributed by atoms with van der Waals surface area (Å²) in [6.45, 7) is 5.31. The zero-order chi connectivity index (χ0) is 23.2. The van der Waals surface area contributed by atoms with Crippen LogP contribution in [0.4, 0.5) is 10.5 Å². The van der Waals surface area contributed by atoms with Crippen molar-refractivity contribution in [1.82, 2.24) is 9.80 Å². The second kappa shape index (κ2) is 8.10. The molecule has 0 aliphatic carbocycles. The molecular weight excluding hydrogens is 422 g/mol. The summed E-state index contributed by atoms with van der Waals surface area (Å²) in [5, 5.41) is 0. The van der Waals surface area contributed by atoms with E-state index in [1.165, 1.54) is 7.11 Å². The minimum Gasteiger partial charge on any atom is -0.453 e. The molecule has 0 bridgehead atoms. The highest BCUT2D eigenvalue weighted by Gasteiger charge is 2.51. The molecule has 8 nitrogen and oxygen atoms in total. The lowest BCUT2D eigenvalue weighted by molar-refractivity contribution is -0.00307. The minimum atomic E-state index is -0.751. The Morgan fingerprint density at radius 1 is 1.00 bits per heavy atom. The van der Waals surface area contributed by atoms with Crippen molar-refractivity contribution in [1.29, 1.82) is 0 Å². The predicted molar refractivity (Wildman–Crippen MR) is 121 cm³/mol. The Morgan fingerprint density at radius 2 is 1.76 bits per heavy atom. The molecule has 0 N–H and O–H groups in total. The normalized spacial score (nSPS) is 21.9. The van der Waals surface area contributed by atoms with Gasteiger partial charge in [0.25, 0.3) is 5.91 Å². The zero-order valence-electron chi connectivity index (χ0n) is 18.9. The number of anilines is 1. The van der Waals surface area contributed by atoms with Crippen molar-refractivity contribution in [2.75, 3.05) is 51.3 Å². The number of nitrogens with zero attached hydrogens (tertiary/aromatic N) is 3. The molecule has 0 aromatic heterocycles. The van der Waals surface area contributed by atoms with E-state index in [-0.39, 0.29) is 18.0 Å². The van der Waals surface area contributed by atoms with E-state index in [1.807, 2.05) is 43.3 Å². The number of benzene rings is 2. The smallest absolute Gasteiger partial charge is 0.409 e. The summed E-state index contributed by atoms with van der Waals surface area (Å²) in [7, 11) is 1.39. The number of likely N-dealkylation sites (tertiary alicyclic amines) is 1. The standard InChI is InChI=1S/C25H27N3O5/c1-17-7-8-18(26-11-13-27(14-12-26)24(31)32-2)15-20(17)22(29)28-10-9-25(16-28)21-6-4-3-5-19(21)23(30)33-25/h3-8,15H,9-14,16H2,1-2H3/t25-/m0/s1. The highest BCUT2D eigenvalue weighted by molar-refractivity contribution is 5.98. The maximum atomic E-state index is 13.5. The molecule has 3 heterocycles. The second-order valence-corrected chi connectivity index (χ2v) is 8.85. The van der Waals surface area contributed by atoms with Crippen molar-refractivity contribution >= 4 is 23.7 Å². The number of hydrogen-bond donors (Lipinski definition) is 0. The van der Waals surface area contributed by atoms with Crippen LogP contribution in [0.1, 0.15) is 38.3 Å². The topological polar surface area (TPSA) is 79.4 Å². The Hall–Kier alpha value is -3.55. The van der Waals surface area contributed by atoms with Crippen LogP contribution in [0.15, 0.2) is 42.5 Å². The zero-order valence-corrected chi connectivity index (χ0v) is 18.9. The van der Waals surface area contributed by atoms with Gasteiger partial charge in [0.05, 0.1) is 19.2 Å². The maximum Gasteiger partial charge on any atom is 0.409 e. The number of methoxy groups -OCH3 is 1. The third-order valence-electron chi connectivity index (χ3n) is 6.97. The van der Waals surface area contributed by atoms with Crippen molar-refractivity contribution in [3.8, 4) is 0 Å². The third kappa shape index (κ3) is 3.59. The molecule has 5 rings (SSSR count). The van der Waals surface area contributed by atoms with Crippen LogP contribution in [0.3, 0.4) is 0 Å². The average Bonchev–Trinajstić information content (AvgIpc) is 3.40. The molecule has 2 aromatic rings. The molecule has 2 saturated heterocycles. The Morgan fingerprint density at radius 3 is 2.52 bits per heavy atom. The van der Waals surface area contributed by atoms with Gasteiger partial charge >= 0.3 is 12.1 Å². The predicted octanol–water partition coefficient (Wildman–Crippen LogP) is 2.80. The van der Waals surface area contributed by atoms with Gasteiger partial charge in [-0.1, -0.05) is 24.3 Å². The summed E-state index contributed by atoms with van der Waals surface area (Å²) in [5.41, 5.74) is 3.23. The molecule has 8 heteroatoms. The number of esters is 1. The van der Waals surface area contributed by atoms with Gasteiger partial charge in [0, 0.05) is 56.0 Å². The first kappa shape index (κ1) is 21.3. The lowest BCUT2D eigenvalue weighted by Gasteiger charge is -2.35. The Kier molecular flexibility index (Phi) is 5.23. The van der Waals surface area contributed by atoms with Crippen molar-refractivity contribution in [3.05, 3.63) is 64.7 Å². The molecule has 3 aliphatic rings. The number of hydrogen-bond acceptors (Lipinski definition) is 6. The fourth-order valence-corrected chi connectivity index (χ4v) is 5.09. The van der Waals surface area contributed by atoms with Gasteiger partial charge in [-0.2, -0.15) is 0 Å². The summed E-state index contributed by atoms with van der Waals surface area (Å²) < 4.78 is 10.6. The van der Waals surface area contributed by atoms with Gasteiger partial charge in [-0.25, -0.2) is 9.59 Å². The lowest BCUT2D eigenvalue weighted by Crippen LogP contribution is -2.48. The van der Waals surface area contributed by atoms with Crippen LogP contribution in [0, 0.1) is 6.92 Å². The van der Waals surface area contributed by atoms with Gasteiger partial charge in [0.2, 0.25) is 0 Å². The number of piperazine rings is 1. The fraction of sp³-hybridized carbons (Fsp3) is 0.400. The van der Waals surface area contributed by atoms with Gasteiger partial charge in [0.1, 0.15) is 0 Å². The maximum absolute atomic E-state index is 13.5. The van der Waals surface area contributed by atoms with Crippen LogP contribution in [-0.2, 0) is 15.1 Å². The van der Waals surface area contributed by atoms with Crippen molar-refractivity contribution in [2.24, 2.45) is 0 Å². The molecule has 2 aromatic carbocycles. The van der Waals surface area contributed by atoms with Crippen molar-refractivity contribution in [2.45, 2.75) is 18.9 Å². The van der Waals surface area contributed by atoms with Crippen molar-refractivity contribution < 1.29 is 23.9 Å². The molecule has 2 fully saturated rings. The summed E-state index contributed by atoms with van der Waals surface area (Å²) in [6.07, 6.45) is 0.280. The molecule has 0 saturated carbocycles. The first-order valence-electron chi connectivity index (χ1n) is 11.2. The number of carbonyl (C=O) groups is 3. The first-order valence-corrected chi connectivity index (χ1v) is 11.2. The highest BCUT2D eigenvalue weighted by atomic mass is 16.6. The fourth-order valence-electron chi connectivity index (χ4n) is 5.09. The Labute approximate surface area is 192 Å². The van der Waals surface area contributed by atoms with E-state index in [0.29, 0.717) is 56.8 Å².